The number of piperazine rings is 1. The lowest BCUT2D eigenvalue weighted by molar-refractivity contribution is -0.880. The quantitative estimate of drug-likeness (QED) is 0.890. The first-order valence-electron chi connectivity index (χ1n) is 8.28. The van der Waals surface area contributed by atoms with E-state index in [1.165, 1.54) is 5.69 Å². The van der Waals surface area contributed by atoms with Crippen LogP contribution >= 0.6 is 0 Å². The molecule has 5 heteroatoms. The summed E-state index contributed by atoms with van der Waals surface area (Å²) >= 11 is 0. The number of nitrogens with one attached hydrogen (secondary N) is 2. The predicted octanol–water partition coefficient (Wildman–Crippen LogP) is 1.28. The number of hydrogen-bond acceptors (Lipinski definition) is 3. The number of anilines is 2. The molecule has 0 bridgehead atoms. The van der Waals surface area contributed by atoms with Gasteiger partial charge in [0.2, 0.25) is 0 Å². The maximum absolute atomic E-state index is 12.4. The van der Waals surface area contributed by atoms with Crippen LogP contribution in [0.15, 0.2) is 48.5 Å². The summed E-state index contributed by atoms with van der Waals surface area (Å²) in [5, 5.41) is 2.93. The highest BCUT2D eigenvalue weighted by Gasteiger charge is 2.17. The highest BCUT2D eigenvalue weighted by molar-refractivity contribution is 6.06. The van der Waals surface area contributed by atoms with Gasteiger partial charge in [-0.25, -0.2) is 0 Å². The van der Waals surface area contributed by atoms with E-state index < -0.39 is 0 Å². The van der Waals surface area contributed by atoms with Gasteiger partial charge < -0.3 is 19.9 Å². The van der Waals surface area contributed by atoms with E-state index in [1.54, 1.807) is 24.1 Å². The van der Waals surface area contributed by atoms with E-state index >= 15 is 0 Å². The third kappa shape index (κ3) is 3.68. The Hall–Kier alpha value is -2.53. The number of methoxy groups -OCH3 is 1. The fourth-order valence-corrected chi connectivity index (χ4v) is 2.93. The summed E-state index contributed by atoms with van der Waals surface area (Å²) in [6.45, 7) is 4.45. The Morgan fingerprint density at radius 2 is 1.75 bits per heavy atom. The molecule has 1 aliphatic rings. The van der Waals surface area contributed by atoms with Crippen molar-refractivity contribution >= 4 is 17.3 Å². The van der Waals surface area contributed by atoms with E-state index in [9.17, 15) is 4.79 Å². The molecule has 0 spiro atoms. The molecule has 0 unspecified atom stereocenters. The highest BCUT2D eigenvalue weighted by Crippen LogP contribution is 2.21. The van der Waals surface area contributed by atoms with Crippen molar-refractivity contribution in [1.82, 2.24) is 0 Å². The number of hydrogen-bond donors (Lipinski definition) is 2. The standard InChI is InChI=1S/C19H23N3O2/c1-21-11-13-22(14-12-21)16-9-7-15(8-10-16)20-19(23)17-5-3-4-6-18(17)24-2/h3-10H,11-14H2,1-2H3,(H,20,23)/p+1. The lowest BCUT2D eigenvalue weighted by Crippen LogP contribution is -3.12. The van der Waals surface area contributed by atoms with Gasteiger partial charge in [-0.15, -0.1) is 0 Å². The molecule has 5 nitrogen and oxygen atoms in total. The van der Waals surface area contributed by atoms with Crippen LogP contribution in [0, 0.1) is 0 Å². The molecule has 3 rings (SSSR count). The number of ether oxygens (including phenoxy) is 1. The van der Waals surface area contributed by atoms with Crippen molar-refractivity contribution in [2.45, 2.75) is 0 Å². The van der Waals surface area contributed by atoms with E-state index in [0.717, 1.165) is 31.9 Å². The number of carbonyl (C=O) groups excluding carboxylic acids is 1. The number of carbonyl (C=O) groups is 1. The molecule has 0 saturated carbocycles. The maximum Gasteiger partial charge on any atom is 0.259 e. The van der Waals surface area contributed by atoms with Gasteiger partial charge in [0.25, 0.3) is 5.91 Å². The molecule has 0 radical (unpaired) electrons. The Balaban J connectivity index is 1.67. The Morgan fingerprint density at radius 3 is 2.42 bits per heavy atom. The van der Waals surface area contributed by atoms with Crippen LogP contribution in [-0.2, 0) is 0 Å². The minimum atomic E-state index is -0.164. The van der Waals surface area contributed by atoms with Gasteiger partial charge >= 0.3 is 0 Å². The molecule has 1 fully saturated rings. The van der Waals surface area contributed by atoms with Crippen LogP contribution in [0.25, 0.3) is 0 Å². The van der Waals surface area contributed by atoms with Crippen LogP contribution in [0.3, 0.4) is 0 Å². The molecule has 2 aromatic rings. The number of rotatable bonds is 4. The smallest absolute Gasteiger partial charge is 0.259 e. The summed E-state index contributed by atoms with van der Waals surface area (Å²) in [5.41, 5.74) is 2.53. The third-order valence-corrected chi connectivity index (χ3v) is 4.46. The minimum absolute atomic E-state index is 0.164. The van der Waals surface area contributed by atoms with Gasteiger partial charge in [0.1, 0.15) is 5.75 Å². The van der Waals surface area contributed by atoms with E-state index in [0.29, 0.717) is 11.3 Å². The third-order valence-electron chi connectivity index (χ3n) is 4.46. The predicted molar refractivity (Wildman–Crippen MR) is 96.2 cm³/mol. The summed E-state index contributed by atoms with van der Waals surface area (Å²) in [7, 11) is 3.80. The Labute approximate surface area is 142 Å². The van der Waals surface area contributed by atoms with Crippen molar-refractivity contribution in [3.8, 4) is 5.75 Å². The van der Waals surface area contributed by atoms with Crippen LogP contribution in [0.2, 0.25) is 0 Å². The zero-order valence-electron chi connectivity index (χ0n) is 14.2. The molecular weight excluding hydrogens is 302 g/mol. The normalized spacial score (nSPS) is 15.2. The SMILES string of the molecule is COc1ccccc1C(=O)Nc1ccc(N2CC[NH+](C)CC2)cc1. The zero-order chi connectivity index (χ0) is 16.9. The van der Waals surface area contributed by atoms with Crippen LogP contribution < -0.4 is 19.9 Å². The zero-order valence-corrected chi connectivity index (χ0v) is 14.2. The number of likely N-dealkylation sites (N-methyl/N-ethyl adjacent to an activating group) is 1. The molecule has 24 heavy (non-hydrogen) atoms. The van der Waals surface area contributed by atoms with Crippen molar-refractivity contribution in [3.05, 3.63) is 54.1 Å². The van der Waals surface area contributed by atoms with Crippen molar-refractivity contribution in [1.29, 1.82) is 0 Å². The van der Waals surface area contributed by atoms with Crippen molar-refractivity contribution in [3.63, 3.8) is 0 Å². The van der Waals surface area contributed by atoms with Crippen molar-refractivity contribution in [2.75, 3.05) is 50.6 Å². The van der Waals surface area contributed by atoms with E-state index in [1.807, 2.05) is 24.3 Å². The van der Waals surface area contributed by atoms with Gasteiger partial charge in [-0.2, -0.15) is 0 Å². The topological polar surface area (TPSA) is 46.0 Å². The van der Waals surface area contributed by atoms with Gasteiger partial charge in [-0.05, 0) is 36.4 Å². The lowest BCUT2D eigenvalue weighted by atomic mass is 10.1. The number of quaternary nitrogens is 1. The van der Waals surface area contributed by atoms with Gasteiger partial charge in [0, 0.05) is 11.4 Å². The summed E-state index contributed by atoms with van der Waals surface area (Å²) in [5.74, 6) is 0.412. The fourth-order valence-electron chi connectivity index (χ4n) is 2.93. The second kappa shape index (κ2) is 7.36. The van der Waals surface area contributed by atoms with E-state index in [-0.39, 0.29) is 5.91 Å². The summed E-state index contributed by atoms with van der Waals surface area (Å²) in [6.07, 6.45) is 0. The Morgan fingerprint density at radius 1 is 1.08 bits per heavy atom. The number of amides is 1. The van der Waals surface area contributed by atoms with Crippen LogP contribution in [0.1, 0.15) is 10.4 Å². The molecule has 2 aromatic carbocycles. The highest BCUT2D eigenvalue weighted by atomic mass is 16.5. The fraction of sp³-hybridized carbons (Fsp3) is 0.316. The van der Waals surface area contributed by atoms with Gasteiger partial charge in [0.05, 0.1) is 45.9 Å². The molecular formula is C19H24N3O2+. The minimum Gasteiger partial charge on any atom is -0.496 e. The second-order valence-corrected chi connectivity index (χ2v) is 6.15. The van der Waals surface area contributed by atoms with Crippen molar-refractivity contribution in [2.24, 2.45) is 0 Å². The average molecular weight is 326 g/mol. The Kier molecular flexibility index (Phi) is 5.01. The average Bonchev–Trinajstić information content (AvgIpc) is 2.63. The summed E-state index contributed by atoms with van der Waals surface area (Å²) in [4.78, 5) is 16.4. The largest absolute Gasteiger partial charge is 0.496 e. The number of nitrogens with zero attached hydrogens (tertiary/aromatic N) is 1. The monoisotopic (exact) mass is 326 g/mol. The summed E-state index contributed by atoms with van der Waals surface area (Å²) < 4.78 is 5.24. The van der Waals surface area contributed by atoms with E-state index in [4.69, 9.17) is 4.74 Å². The first-order chi connectivity index (χ1) is 11.7. The van der Waals surface area contributed by atoms with E-state index in [2.05, 4.69) is 29.4 Å². The molecule has 2 N–H and O–H groups in total. The number of benzene rings is 2. The molecule has 0 aliphatic carbocycles. The molecule has 0 atom stereocenters. The van der Waals surface area contributed by atoms with Gasteiger partial charge in [-0.1, -0.05) is 12.1 Å². The molecule has 1 amide bonds. The molecule has 1 heterocycles. The van der Waals surface area contributed by atoms with Crippen molar-refractivity contribution < 1.29 is 14.4 Å². The van der Waals surface area contributed by atoms with Gasteiger partial charge in [-0.3, -0.25) is 4.79 Å². The van der Waals surface area contributed by atoms with Crippen LogP contribution in [0.4, 0.5) is 11.4 Å². The summed E-state index contributed by atoms with van der Waals surface area (Å²) in [6, 6.07) is 15.3. The first-order valence-corrected chi connectivity index (χ1v) is 8.28. The second-order valence-electron chi connectivity index (χ2n) is 6.15. The maximum atomic E-state index is 12.4. The molecule has 1 saturated heterocycles. The molecule has 1 aliphatic heterocycles. The number of para-hydroxylation sites is 1. The molecule has 0 aromatic heterocycles. The van der Waals surface area contributed by atoms with Crippen LogP contribution in [-0.4, -0.2) is 46.2 Å². The molecule has 126 valence electrons. The lowest BCUT2D eigenvalue weighted by Gasteiger charge is -2.31. The first kappa shape index (κ1) is 16.3. The van der Waals surface area contributed by atoms with Crippen LogP contribution in [0.5, 0.6) is 5.75 Å². The Bertz CT molecular complexity index is 692. The van der Waals surface area contributed by atoms with Gasteiger partial charge in [0.15, 0.2) is 0 Å².